The fourth-order valence-electron chi connectivity index (χ4n) is 6.34. The average molecular weight is 714 g/mol. The summed E-state index contributed by atoms with van der Waals surface area (Å²) in [6.45, 7) is 4.46. The Labute approximate surface area is 277 Å². The Kier molecular flexibility index (Phi) is 12.5. The van der Waals surface area contributed by atoms with E-state index in [-0.39, 0.29) is 13.1 Å². The van der Waals surface area contributed by atoms with Crippen LogP contribution in [0.25, 0.3) is 0 Å². The summed E-state index contributed by atoms with van der Waals surface area (Å²) < 4.78 is 60.6. The summed E-state index contributed by atoms with van der Waals surface area (Å²) in [5, 5.41) is 1.31. The van der Waals surface area contributed by atoms with Crippen molar-refractivity contribution in [3.8, 4) is 0 Å². The van der Waals surface area contributed by atoms with Gasteiger partial charge >= 0.3 is 0 Å². The maximum absolute atomic E-state index is 14.0. The van der Waals surface area contributed by atoms with Crippen LogP contribution in [-0.2, 0) is 33.3 Å². The Morgan fingerprint density at radius 1 is 0.651 bits per heavy atom. The molecule has 0 aliphatic carbocycles. The highest BCUT2D eigenvalue weighted by atomic mass is 35.5. The topological polar surface area (TPSA) is 86.8 Å². The Hall–Kier alpha value is -0.620. The zero-order chi connectivity index (χ0) is 31.4. The van der Waals surface area contributed by atoms with Crippen molar-refractivity contribution in [1.29, 1.82) is 0 Å². The second-order valence-electron chi connectivity index (χ2n) is 11.4. The van der Waals surface area contributed by atoms with E-state index in [0.717, 1.165) is 62.5 Å². The molecule has 0 radical (unpaired) electrons. The highest BCUT2D eigenvalue weighted by Gasteiger charge is 2.43. The zero-order valence-electron chi connectivity index (χ0n) is 24.7. The third kappa shape index (κ3) is 8.03. The van der Waals surface area contributed by atoms with Crippen LogP contribution >= 0.6 is 46.4 Å². The first-order valence-corrected chi connectivity index (χ1v) is 19.6. The maximum atomic E-state index is 14.0. The number of nitrogens with zero attached hydrogens (tertiary/aromatic N) is 2. The molecule has 2 atom stereocenters. The van der Waals surface area contributed by atoms with Gasteiger partial charge in [-0.25, -0.2) is 0 Å². The summed E-state index contributed by atoms with van der Waals surface area (Å²) in [4.78, 5) is 0. The lowest BCUT2D eigenvalue weighted by molar-refractivity contribution is 0.277. The molecule has 0 saturated carbocycles. The molecule has 0 fully saturated rings. The second kappa shape index (κ2) is 15.3. The van der Waals surface area contributed by atoms with Crippen LogP contribution in [0.4, 0.5) is 0 Å². The maximum Gasteiger partial charge on any atom is 0.294 e. The van der Waals surface area contributed by atoms with Crippen molar-refractivity contribution in [2.45, 2.75) is 103 Å². The average Bonchev–Trinajstić information content (AvgIpc) is 2.96. The van der Waals surface area contributed by atoms with Crippen LogP contribution < -0.4 is 4.13 Å². The predicted molar refractivity (Wildman–Crippen MR) is 178 cm³/mol. The summed E-state index contributed by atoms with van der Waals surface area (Å²) in [6.07, 6.45) is 9.27. The van der Waals surface area contributed by atoms with Crippen molar-refractivity contribution in [2.24, 2.45) is 0 Å². The number of unbranched alkanes of at least 4 members (excludes halogenated alkanes) is 6. The smallest absolute Gasteiger partial charge is 0.194 e. The fourth-order valence-corrected chi connectivity index (χ4v) is 10.9. The summed E-state index contributed by atoms with van der Waals surface area (Å²) in [6, 6.07) is 5.91. The van der Waals surface area contributed by atoms with Gasteiger partial charge in [0.1, 0.15) is 0 Å². The van der Waals surface area contributed by atoms with Gasteiger partial charge in [0.2, 0.25) is 0 Å². The van der Waals surface area contributed by atoms with Crippen LogP contribution in [0, 0.1) is 0 Å². The number of hydrogen-bond donors (Lipinski definition) is 1. The largest absolute Gasteiger partial charge is 0.294 e. The SMILES string of the molecule is CCCCCCC1c2c(ccc(Cl)c2Cl)CCN1S(=O)(=O)NS(=O)(=O)N1CCc2ccc(Cl)c(Cl)c2C1CCCCCC. The third-order valence-corrected chi connectivity index (χ3v) is 13.9. The van der Waals surface area contributed by atoms with Gasteiger partial charge in [0.15, 0.2) is 0 Å². The quantitative estimate of drug-likeness (QED) is 0.198. The molecule has 2 heterocycles. The molecule has 240 valence electrons. The molecule has 2 aliphatic rings. The minimum atomic E-state index is -4.51. The number of fused-ring (bicyclic) bond motifs is 2. The van der Waals surface area contributed by atoms with E-state index in [1.54, 1.807) is 12.1 Å². The molecule has 0 amide bonds. The lowest BCUT2D eigenvalue weighted by Crippen LogP contribution is -2.53. The van der Waals surface area contributed by atoms with Gasteiger partial charge in [-0.2, -0.15) is 25.4 Å². The van der Waals surface area contributed by atoms with Gasteiger partial charge in [0.05, 0.1) is 32.2 Å². The predicted octanol–water partition coefficient (Wildman–Crippen LogP) is 8.82. The molecule has 43 heavy (non-hydrogen) atoms. The van der Waals surface area contributed by atoms with Crippen LogP contribution in [0.1, 0.15) is 112 Å². The van der Waals surface area contributed by atoms with Crippen molar-refractivity contribution >= 4 is 66.8 Å². The number of rotatable bonds is 14. The van der Waals surface area contributed by atoms with Gasteiger partial charge in [-0.05, 0) is 60.1 Å². The number of nitrogens with one attached hydrogen (secondary N) is 1. The molecule has 0 spiro atoms. The Balaban J connectivity index is 1.66. The van der Waals surface area contributed by atoms with E-state index < -0.39 is 32.5 Å². The normalized spacial score (nSPS) is 19.8. The van der Waals surface area contributed by atoms with E-state index in [2.05, 4.69) is 18.0 Å². The summed E-state index contributed by atoms with van der Waals surface area (Å²) in [5.41, 5.74) is 3.16. The molecule has 0 bridgehead atoms. The molecule has 13 heteroatoms. The van der Waals surface area contributed by atoms with Gasteiger partial charge in [-0.1, -0.05) is 128 Å². The lowest BCUT2D eigenvalue weighted by Gasteiger charge is -2.39. The highest BCUT2D eigenvalue weighted by molar-refractivity contribution is 8.02. The number of halogens is 4. The molecule has 7 nitrogen and oxygen atoms in total. The fraction of sp³-hybridized carbons (Fsp3) is 0.600. The number of hydrogen-bond acceptors (Lipinski definition) is 4. The summed E-state index contributed by atoms with van der Waals surface area (Å²) >= 11 is 26.1. The van der Waals surface area contributed by atoms with E-state index in [1.807, 2.05) is 12.1 Å². The van der Waals surface area contributed by atoms with Crippen LogP contribution in [0.15, 0.2) is 24.3 Å². The Morgan fingerprint density at radius 3 is 1.42 bits per heavy atom. The van der Waals surface area contributed by atoms with Gasteiger partial charge in [-0.3, -0.25) is 0 Å². The van der Waals surface area contributed by atoms with E-state index >= 15 is 0 Å². The van der Waals surface area contributed by atoms with Crippen LogP contribution in [0.5, 0.6) is 0 Å². The van der Waals surface area contributed by atoms with Crippen molar-refractivity contribution in [2.75, 3.05) is 13.1 Å². The van der Waals surface area contributed by atoms with Gasteiger partial charge in [0, 0.05) is 13.1 Å². The number of benzene rings is 2. The summed E-state index contributed by atoms with van der Waals surface area (Å²) in [7, 11) is -9.02. The summed E-state index contributed by atoms with van der Waals surface area (Å²) in [5.74, 6) is 0. The lowest BCUT2D eigenvalue weighted by atomic mass is 9.91. The van der Waals surface area contributed by atoms with Gasteiger partial charge in [0.25, 0.3) is 20.4 Å². The van der Waals surface area contributed by atoms with E-state index in [1.165, 1.54) is 8.61 Å². The molecular formula is C30H41Cl4N3O4S2. The standard InChI is InChI=1S/C30H41Cl4N3O4S2/c1-3-5-7-9-11-25-27-21(13-15-23(31)29(27)33)17-19-36(25)42(38,39)35-43(40,41)37-20-18-22-14-16-24(32)30(34)28(22)26(37)12-10-8-6-4-2/h13-16,25-26,35H,3-12,17-20H2,1-2H3. The van der Waals surface area contributed by atoms with Crippen LogP contribution in [-0.4, -0.2) is 38.5 Å². The van der Waals surface area contributed by atoms with Gasteiger partial charge in [-0.15, -0.1) is 0 Å². The Bertz CT molecular complexity index is 1390. The first-order chi connectivity index (χ1) is 20.4. The first-order valence-electron chi connectivity index (χ1n) is 15.2. The van der Waals surface area contributed by atoms with E-state index in [4.69, 9.17) is 46.4 Å². The zero-order valence-corrected chi connectivity index (χ0v) is 29.4. The minimum absolute atomic E-state index is 0.124. The van der Waals surface area contributed by atoms with E-state index in [0.29, 0.717) is 56.9 Å². The second-order valence-corrected chi connectivity index (χ2v) is 16.5. The molecule has 4 rings (SSSR count). The van der Waals surface area contributed by atoms with Crippen LogP contribution in [0.2, 0.25) is 20.1 Å². The molecule has 2 unspecified atom stereocenters. The monoisotopic (exact) mass is 711 g/mol. The molecule has 2 aromatic carbocycles. The molecule has 2 aliphatic heterocycles. The van der Waals surface area contributed by atoms with E-state index in [9.17, 15) is 16.8 Å². The third-order valence-electron chi connectivity index (χ3n) is 8.50. The first kappa shape index (κ1) is 35.2. The van der Waals surface area contributed by atoms with Crippen molar-refractivity contribution in [1.82, 2.24) is 12.7 Å². The molecule has 1 N–H and O–H groups in total. The van der Waals surface area contributed by atoms with Crippen molar-refractivity contribution in [3.05, 3.63) is 66.6 Å². The van der Waals surface area contributed by atoms with Gasteiger partial charge < -0.3 is 0 Å². The molecular weight excluding hydrogens is 672 g/mol. The van der Waals surface area contributed by atoms with Crippen molar-refractivity contribution < 1.29 is 16.8 Å². The minimum Gasteiger partial charge on any atom is -0.194 e. The molecule has 2 aromatic rings. The molecule has 0 aromatic heterocycles. The van der Waals surface area contributed by atoms with Crippen molar-refractivity contribution in [3.63, 3.8) is 0 Å². The highest BCUT2D eigenvalue weighted by Crippen LogP contribution is 2.44. The Morgan fingerprint density at radius 2 is 1.05 bits per heavy atom. The molecule has 0 saturated heterocycles. The van der Waals surface area contributed by atoms with Crippen LogP contribution in [0.3, 0.4) is 0 Å².